The molecule has 2 N–H and O–H groups in total. The van der Waals surface area contributed by atoms with E-state index >= 15 is 0 Å². The van der Waals surface area contributed by atoms with Crippen LogP contribution in [0, 0.1) is 0 Å². The molecule has 1 unspecified atom stereocenters. The fourth-order valence-corrected chi connectivity index (χ4v) is 5.62. The largest absolute Gasteiger partial charge is 0.496 e. The van der Waals surface area contributed by atoms with Crippen LogP contribution in [0.5, 0.6) is 5.75 Å². The third kappa shape index (κ3) is 4.31. The first-order chi connectivity index (χ1) is 17.1. The van der Waals surface area contributed by atoms with E-state index in [0.717, 1.165) is 44.1 Å². The number of carboxylic acids is 1. The van der Waals surface area contributed by atoms with E-state index in [4.69, 9.17) is 4.74 Å². The molecule has 0 fully saturated rings. The number of benzene rings is 3. The van der Waals surface area contributed by atoms with E-state index < -0.39 is 12.0 Å². The number of aryl methyl sites for hydroxylation is 1. The van der Waals surface area contributed by atoms with Crippen LogP contribution in [0.4, 0.5) is 5.82 Å². The van der Waals surface area contributed by atoms with Gasteiger partial charge >= 0.3 is 5.97 Å². The van der Waals surface area contributed by atoms with Crippen molar-refractivity contribution in [2.75, 3.05) is 12.4 Å². The zero-order valence-corrected chi connectivity index (χ0v) is 20.3. The maximum absolute atomic E-state index is 12.3. The Hall–Kier alpha value is -3.97. The van der Waals surface area contributed by atoms with Crippen LogP contribution in [0.2, 0.25) is 0 Å². The summed E-state index contributed by atoms with van der Waals surface area (Å²) in [5, 5.41) is 16.4. The van der Waals surface area contributed by atoms with Gasteiger partial charge in [-0.2, -0.15) is 0 Å². The van der Waals surface area contributed by atoms with Gasteiger partial charge < -0.3 is 15.2 Å². The molecule has 0 saturated carbocycles. The molecule has 2 aromatic heterocycles. The van der Waals surface area contributed by atoms with E-state index in [1.165, 1.54) is 11.2 Å². The molecule has 1 atom stereocenters. The average molecular weight is 484 g/mol. The number of ether oxygens (including phenoxy) is 1. The van der Waals surface area contributed by atoms with Crippen LogP contribution in [0.3, 0.4) is 0 Å². The van der Waals surface area contributed by atoms with E-state index in [1.807, 2.05) is 36.4 Å². The summed E-state index contributed by atoms with van der Waals surface area (Å²) in [4.78, 5) is 23.4. The van der Waals surface area contributed by atoms with Crippen LogP contribution in [0.1, 0.15) is 17.4 Å². The Morgan fingerprint density at radius 2 is 1.83 bits per heavy atom. The predicted octanol–water partition coefficient (Wildman–Crippen LogP) is 6.19. The monoisotopic (exact) mass is 483 g/mol. The van der Waals surface area contributed by atoms with E-state index in [1.54, 1.807) is 18.4 Å². The molecule has 176 valence electrons. The summed E-state index contributed by atoms with van der Waals surface area (Å²) in [5.41, 5.74) is 2.98. The fraction of sp³-hybridized carbons (Fsp3) is 0.179. The van der Waals surface area contributed by atoms with Gasteiger partial charge in [-0.05, 0) is 34.4 Å². The molecular formula is C28H25N3O3S. The molecular weight excluding hydrogens is 458 g/mol. The summed E-state index contributed by atoms with van der Waals surface area (Å²) < 4.78 is 5.44. The SMILES string of the molecule is CCc1sc2ncnc(NC(Cc3ccccc3OC)C(=O)O)c2c1-c1cccc2ccccc12. The Bertz CT molecular complexity index is 1520. The number of nitrogens with one attached hydrogen (secondary N) is 1. The molecule has 35 heavy (non-hydrogen) atoms. The number of nitrogens with zero attached hydrogens (tertiary/aromatic N) is 2. The highest BCUT2D eigenvalue weighted by atomic mass is 32.1. The lowest BCUT2D eigenvalue weighted by atomic mass is 9.96. The summed E-state index contributed by atoms with van der Waals surface area (Å²) in [6.07, 6.45) is 2.58. The van der Waals surface area contributed by atoms with E-state index in [2.05, 4.69) is 52.5 Å². The molecule has 0 radical (unpaired) electrons. The number of para-hydroxylation sites is 1. The minimum absolute atomic E-state index is 0.249. The second-order valence-electron chi connectivity index (χ2n) is 8.23. The Morgan fingerprint density at radius 1 is 1.06 bits per heavy atom. The molecule has 0 aliphatic carbocycles. The van der Waals surface area contributed by atoms with Crippen molar-refractivity contribution in [3.63, 3.8) is 0 Å². The number of aromatic nitrogens is 2. The first-order valence-corrected chi connectivity index (χ1v) is 12.3. The minimum Gasteiger partial charge on any atom is -0.496 e. The van der Waals surface area contributed by atoms with Gasteiger partial charge in [-0.1, -0.05) is 67.6 Å². The number of fused-ring (bicyclic) bond motifs is 2. The lowest BCUT2D eigenvalue weighted by Crippen LogP contribution is -2.32. The Kier molecular flexibility index (Phi) is 6.33. The highest BCUT2D eigenvalue weighted by Gasteiger charge is 2.24. The Labute approximate surface area is 207 Å². The highest BCUT2D eigenvalue weighted by molar-refractivity contribution is 7.19. The first kappa shape index (κ1) is 22.8. The second-order valence-corrected chi connectivity index (χ2v) is 9.32. The predicted molar refractivity (Wildman–Crippen MR) is 141 cm³/mol. The number of aliphatic carboxylic acids is 1. The molecule has 0 aliphatic rings. The summed E-state index contributed by atoms with van der Waals surface area (Å²) in [7, 11) is 1.59. The Morgan fingerprint density at radius 3 is 2.63 bits per heavy atom. The van der Waals surface area contributed by atoms with Gasteiger partial charge in [0.2, 0.25) is 0 Å². The van der Waals surface area contributed by atoms with Crippen LogP contribution in [0.15, 0.2) is 73.1 Å². The lowest BCUT2D eigenvalue weighted by molar-refractivity contribution is -0.137. The average Bonchev–Trinajstić information content (AvgIpc) is 3.27. The van der Waals surface area contributed by atoms with Crippen LogP contribution in [0.25, 0.3) is 32.1 Å². The van der Waals surface area contributed by atoms with Crippen molar-refractivity contribution in [2.45, 2.75) is 25.8 Å². The van der Waals surface area contributed by atoms with Gasteiger partial charge in [-0.3, -0.25) is 0 Å². The third-order valence-electron chi connectivity index (χ3n) is 6.17. The van der Waals surface area contributed by atoms with E-state index in [0.29, 0.717) is 11.6 Å². The molecule has 0 bridgehead atoms. The standard InChI is InChI=1S/C28H25N3O3S/c1-3-23-24(20-13-8-11-17-9-4-6-12-19(17)20)25-26(29-16-30-27(25)35-23)31-21(28(32)33)15-18-10-5-7-14-22(18)34-2/h4-14,16,21H,3,15H2,1-2H3,(H,32,33)(H,29,30,31). The van der Waals surface area contributed by atoms with Crippen molar-refractivity contribution in [2.24, 2.45) is 0 Å². The van der Waals surface area contributed by atoms with Gasteiger partial charge in [0.1, 0.15) is 28.8 Å². The molecule has 2 heterocycles. The second kappa shape index (κ2) is 9.72. The molecule has 0 saturated heterocycles. The number of hydrogen-bond acceptors (Lipinski definition) is 6. The van der Waals surface area contributed by atoms with Crippen LogP contribution < -0.4 is 10.1 Å². The lowest BCUT2D eigenvalue weighted by Gasteiger charge is -2.18. The molecule has 0 aliphatic heterocycles. The van der Waals surface area contributed by atoms with Gasteiger partial charge in [0, 0.05) is 16.9 Å². The molecule has 6 nitrogen and oxygen atoms in total. The van der Waals surface area contributed by atoms with Crippen LogP contribution >= 0.6 is 11.3 Å². The molecule has 3 aromatic carbocycles. The number of thiophene rings is 1. The summed E-state index contributed by atoms with van der Waals surface area (Å²) >= 11 is 1.63. The van der Waals surface area contributed by atoms with E-state index in [-0.39, 0.29) is 6.42 Å². The smallest absolute Gasteiger partial charge is 0.326 e. The van der Waals surface area contributed by atoms with Gasteiger partial charge in [-0.25, -0.2) is 14.8 Å². The molecule has 5 aromatic rings. The van der Waals surface area contributed by atoms with Crippen LogP contribution in [-0.4, -0.2) is 34.2 Å². The van der Waals surface area contributed by atoms with Crippen LogP contribution in [-0.2, 0) is 17.6 Å². The van der Waals surface area contributed by atoms with Gasteiger partial charge in [0.15, 0.2) is 0 Å². The third-order valence-corrected chi connectivity index (χ3v) is 7.41. The summed E-state index contributed by atoms with van der Waals surface area (Å²) in [5.74, 6) is 0.227. The van der Waals surface area contributed by atoms with E-state index in [9.17, 15) is 9.90 Å². The molecule has 0 amide bonds. The quantitative estimate of drug-likeness (QED) is 0.274. The zero-order valence-electron chi connectivity index (χ0n) is 19.5. The van der Waals surface area contributed by atoms with Gasteiger partial charge in [0.05, 0.1) is 12.5 Å². The minimum atomic E-state index is -0.958. The maximum atomic E-state index is 12.3. The number of rotatable bonds is 8. The van der Waals surface area contributed by atoms with Crippen molar-refractivity contribution in [3.8, 4) is 16.9 Å². The molecule has 0 spiro atoms. The number of carbonyl (C=O) groups is 1. The normalized spacial score (nSPS) is 12.1. The summed E-state index contributed by atoms with van der Waals surface area (Å²) in [6.45, 7) is 2.13. The number of carboxylic acid groups (broad SMARTS) is 1. The molecule has 7 heteroatoms. The summed E-state index contributed by atoms with van der Waals surface area (Å²) in [6, 6.07) is 21.1. The number of anilines is 1. The number of methoxy groups -OCH3 is 1. The number of hydrogen-bond donors (Lipinski definition) is 2. The first-order valence-electron chi connectivity index (χ1n) is 11.5. The van der Waals surface area contributed by atoms with Crippen molar-refractivity contribution in [1.82, 2.24) is 9.97 Å². The van der Waals surface area contributed by atoms with Crippen molar-refractivity contribution >= 4 is 44.1 Å². The van der Waals surface area contributed by atoms with Crippen molar-refractivity contribution in [1.29, 1.82) is 0 Å². The molecule has 5 rings (SSSR count). The van der Waals surface area contributed by atoms with Gasteiger partial charge in [-0.15, -0.1) is 11.3 Å². The topological polar surface area (TPSA) is 84.3 Å². The highest BCUT2D eigenvalue weighted by Crippen LogP contribution is 2.43. The van der Waals surface area contributed by atoms with Gasteiger partial charge in [0.25, 0.3) is 0 Å². The van der Waals surface area contributed by atoms with Crippen molar-refractivity contribution < 1.29 is 14.6 Å². The zero-order chi connectivity index (χ0) is 24.4. The van der Waals surface area contributed by atoms with Crippen molar-refractivity contribution in [3.05, 3.63) is 83.5 Å². The Balaban J connectivity index is 1.65. The maximum Gasteiger partial charge on any atom is 0.326 e. The fourth-order valence-electron chi connectivity index (χ4n) is 4.52.